The number of carboxylic acids is 1. The van der Waals surface area contributed by atoms with Crippen molar-refractivity contribution < 1.29 is 19.0 Å². The van der Waals surface area contributed by atoms with Gasteiger partial charge in [-0.15, -0.1) is 0 Å². The van der Waals surface area contributed by atoms with Crippen LogP contribution < -0.4 is 4.74 Å². The molecule has 1 aliphatic rings. The number of aliphatic carboxylic acids is 1. The van der Waals surface area contributed by atoms with Gasteiger partial charge in [0.1, 0.15) is 5.83 Å². The van der Waals surface area contributed by atoms with E-state index in [2.05, 4.69) is 4.98 Å². The molecule has 1 N–H and O–H groups in total. The number of hydrogen-bond acceptors (Lipinski definition) is 3. The summed E-state index contributed by atoms with van der Waals surface area (Å²) < 4.78 is 19.8. The van der Waals surface area contributed by atoms with Crippen LogP contribution in [0.5, 0.6) is 5.88 Å². The van der Waals surface area contributed by atoms with Gasteiger partial charge in [0.15, 0.2) is 0 Å². The van der Waals surface area contributed by atoms with E-state index < -0.39 is 5.97 Å². The molecule has 0 atom stereocenters. The summed E-state index contributed by atoms with van der Waals surface area (Å²) in [5, 5.41) is 8.72. The third kappa shape index (κ3) is 4.74. The number of carbonyl (C=O) groups is 1. The van der Waals surface area contributed by atoms with Crippen molar-refractivity contribution in [2.24, 2.45) is 0 Å². The van der Waals surface area contributed by atoms with Crippen molar-refractivity contribution in [1.29, 1.82) is 0 Å². The van der Waals surface area contributed by atoms with Gasteiger partial charge in [-0.25, -0.2) is 9.37 Å². The van der Waals surface area contributed by atoms with Gasteiger partial charge >= 0.3 is 5.97 Å². The zero-order chi connectivity index (χ0) is 20.1. The molecule has 1 aromatic carbocycles. The molecule has 0 radical (unpaired) electrons. The molecule has 144 valence electrons. The summed E-state index contributed by atoms with van der Waals surface area (Å²) >= 11 is 0. The fourth-order valence-electron chi connectivity index (χ4n) is 3.17. The van der Waals surface area contributed by atoms with Gasteiger partial charge in [0.2, 0.25) is 5.88 Å². The van der Waals surface area contributed by atoms with Crippen molar-refractivity contribution in [3.63, 3.8) is 0 Å². The smallest absolute Gasteiger partial charge is 0.303 e. The lowest BCUT2D eigenvalue weighted by Gasteiger charge is -2.12. The lowest BCUT2D eigenvalue weighted by molar-refractivity contribution is -0.136. The second-order valence-electron chi connectivity index (χ2n) is 6.77. The minimum absolute atomic E-state index is 0.0854. The van der Waals surface area contributed by atoms with E-state index in [9.17, 15) is 9.18 Å². The summed E-state index contributed by atoms with van der Waals surface area (Å²) in [6, 6.07) is 11.7. The fraction of sp³-hybridized carbons (Fsp3) is 0.217. The molecule has 28 heavy (non-hydrogen) atoms. The molecular weight excluding hydrogens is 357 g/mol. The highest BCUT2D eigenvalue weighted by Crippen LogP contribution is 2.29. The predicted molar refractivity (Wildman–Crippen MR) is 107 cm³/mol. The molecule has 1 aliphatic carbocycles. The number of benzene rings is 1. The number of carboxylic acid groups (broad SMARTS) is 1. The quantitative estimate of drug-likeness (QED) is 0.656. The van der Waals surface area contributed by atoms with Crippen LogP contribution in [0.1, 0.15) is 30.4 Å². The van der Waals surface area contributed by atoms with E-state index in [1.807, 2.05) is 44.2 Å². The topological polar surface area (TPSA) is 59.4 Å². The van der Waals surface area contributed by atoms with E-state index in [0.29, 0.717) is 17.0 Å². The first-order valence-corrected chi connectivity index (χ1v) is 9.11. The average Bonchev–Trinajstić information content (AvgIpc) is 2.66. The van der Waals surface area contributed by atoms with Crippen molar-refractivity contribution in [2.75, 3.05) is 0 Å². The van der Waals surface area contributed by atoms with Gasteiger partial charge in [-0.3, -0.25) is 4.79 Å². The van der Waals surface area contributed by atoms with Crippen LogP contribution >= 0.6 is 0 Å². The Hall–Kier alpha value is -3.21. The normalized spacial score (nSPS) is 15.2. The molecule has 0 saturated carbocycles. The van der Waals surface area contributed by atoms with Crippen LogP contribution in [-0.2, 0) is 4.79 Å². The van der Waals surface area contributed by atoms with E-state index >= 15 is 0 Å². The minimum atomic E-state index is -0.937. The summed E-state index contributed by atoms with van der Waals surface area (Å²) in [7, 11) is 0. The first-order chi connectivity index (χ1) is 13.4. The van der Waals surface area contributed by atoms with Crippen LogP contribution in [0, 0.1) is 13.8 Å². The molecule has 2 aromatic rings. The SMILES string of the molecule is Cc1cccc(C)c1-c1cccc(OC=C2C=CC(CCC(=O)O)=C(F)C2)n1. The number of hydrogen-bond donors (Lipinski definition) is 1. The van der Waals surface area contributed by atoms with Gasteiger partial charge in [0, 0.05) is 24.5 Å². The minimum Gasteiger partial charge on any atom is -0.481 e. The van der Waals surface area contributed by atoms with Crippen molar-refractivity contribution in [3.8, 4) is 17.1 Å². The van der Waals surface area contributed by atoms with Crippen LogP contribution in [0.25, 0.3) is 11.3 Å². The van der Waals surface area contributed by atoms with Crippen LogP contribution in [0.15, 0.2) is 71.8 Å². The van der Waals surface area contributed by atoms with Gasteiger partial charge in [0.25, 0.3) is 0 Å². The Morgan fingerprint density at radius 3 is 2.57 bits per heavy atom. The van der Waals surface area contributed by atoms with E-state index in [1.54, 1.807) is 18.2 Å². The predicted octanol–water partition coefficient (Wildman–Crippen LogP) is 5.68. The van der Waals surface area contributed by atoms with Gasteiger partial charge in [-0.1, -0.05) is 36.4 Å². The molecule has 0 amide bonds. The summed E-state index contributed by atoms with van der Waals surface area (Å²) in [6.45, 7) is 4.09. The van der Waals surface area contributed by atoms with Crippen LogP contribution in [0.3, 0.4) is 0 Å². The molecule has 0 saturated heterocycles. The summed E-state index contributed by atoms with van der Waals surface area (Å²) in [4.78, 5) is 15.2. The largest absolute Gasteiger partial charge is 0.481 e. The van der Waals surface area contributed by atoms with E-state index in [-0.39, 0.29) is 25.1 Å². The maximum absolute atomic E-state index is 14.2. The van der Waals surface area contributed by atoms with Gasteiger partial charge in [0.05, 0.1) is 12.0 Å². The molecule has 4 nitrogen and oxygen atoms in total. The highest BCUT2D eigenvalue weighted by Gasteiger charge is 2.13. The second kappa shape index (κ2) is 8.65. The van der Waals surface area contributed by atoms with Crippen molar-refractivity contribution in [3.05, 3.63) is 82.9 Å². The average molecular weight is 379 g/mol. The molecular formula is C23H22FNO3. The van der Waals surface area contributed by atoms with Crippen molar-refractivity contribution in [1.82, 2.24) is 4.98 Å². The fourth-order valence-corrected chi connectivity index (χ4v) is 3.17. The molecule has 5 heteroatoms. The standard InChI is InChI=1S/C23H22FNO3/c1-15-5-3-6-16(2)23(15)20-7-4-8-21(25-20)28-14-17-9-10-18(19(24)13-17)11-12-22(26)27/h3-10,14H,11-13H2,1-2H3,(H,26,27). The molecule has 0 unspecified atom stereocenters. The van der Waals surface area contributed by atoms with E-state index in [1.165, 1.54) is 6.26 Å². The Balaban J connectivity index is 1.72. The highest BCUT2D eigenvalue weighted by atomic mass is 19.1. The number of allylic oxidation sites excluding steroid dienone is 5. The Bertz CT molecular complexity index is 969. The Morgan fingerprint density at radius 2 is 1.89 bits per heavy atom. The molecule has 3 rings (SSSR count). The molecule has 0 aliphatic heterocycles. The van der Waals surface area contributed by atoms with Crippen LogP contribution in [-0.4, -0.2) is 16.1 Å². The summed E-state index contributed by atoms with van der Waals surface area (Å²) in [6.07, 6.45) is 5.03. The maximum Gasteiger partial charge on any atom is 0.303 e. The lowest BCUT2D eigenvalue weighted by atomic mass is 9.99. The third-order valence-corrected chi connectivity index (χ3v) is 4.61. The number of ether oxygens (including phenoxy) is 1. The van der Waals surface area contributed by atoms with Gasteiger partial charge in [-0.2, -0.15) is 0 Å². The first-order valence-electron chi connectivity index (χ1n) is 9.11. The number of halogens is 1. The number of nitrogens with zero attached hydrogens (tertiary/aromatic N) is 1. The number of aromatic nitrogens is 1. The summed E-state index contributed by atoms with van der Waals surface area (Å²) in [5.41, 5.74) is 5.27. The Morgan fingerprint density at radius 1 is 1.18 bits per heavy atom. The Kier molecular flexibility index (Phi) is 6.04. The second-order valence-corrected chi connectivity index (χ2v) is 6.77. The van der Waals surface area contributed by atoms with Crippen molar-refractivity contribution >= 4 is 5.97 Å². The van der Waals surface area contributed by atoms with Gasteiger partial charge < -0.3 is 9.84 Å². The lowest BCUT2D eigenvalue weighted by Crippen LogP contribution is -2.00. The monoisotopic (exact) mass is 379 g/mol. The number of rotatable bonds is 6. The summed E-state index contributed by atoms with van der Waals surface area (Å²) in [5.74, 6) is -0.828. The molecule has 1 aromatic heterocycles. The molecule has 0 fully saturated rings. The maximum atomic E-state index is 14.2. The zero-order valence-corrected chi connectivity index (χ0v) is 15.9. The van der Waals surface area contributed by atoms with Gasteiger partial charge in [-0.05, 0) is 48.6 Å². The third-order valence-electron chi connectivity index (χ3n) is 4.61. The molecule has 1 heterocycles. The van der Waals surface area contributed by atoms with E-state index in [0.717, 1.165) is 22.4 Å². The first kappa shape index (κ1) is 19.5. The Labute approximate surface area is 163 Å². The molecule has 0 spiro atoms. The van der Waals surface area contributed by atoms with E-state index in [4.69, 9.17) is 9.84 Å². The van der Waals surface area contributed by atoms with Crippen LogP contribution in [0.4, 0.5) is 4.39 Å². The van der Waals surface area contributed by atoms with Crippen LogP contribution in [0.2, 0.25) is 0 Å². The van der Waals surface area contributed by atoms with Crippen molar-refractivity contribution in [2.45, 2.75) is 33.1 Å². The number of pyridine rings is 1. The highest BCUT2D eigenvalue weighted by molar-refractivity contribution is 5.68. The number of aryl methyl sites for hydroxylation is 2. The molecule has 0 bridgehead atoms. The zero-order valence-electron chi connectivity index (χ0n) is 15.9.